The number of carbonyl (C=O) groups is 1. The van der Waals surface area contributed by atoms with E-state index in [4.69, 9.17) is 5.21 Å². The van der Waals surface area contributed by atoms with Crippen molar-refractivity contribution in [2.75, 3.05) is 19.7 Å². The van der Waals surface area contributed by atoms with Crippen LogP contribution in [0.5, 0.6) is 0 Å². The first-order chi connectivity index (χ1) is 13.7. The number of hydroxylamine groups is 1. The highest BCUT2D eigenvalue weighted by Crippen LogP contribution is 2.25. The standard InChI is InChI=1S/C22H26N2O3S/c25-14-13-24(12-10-19-2-1-3-20-11-15-28-22(19)20)16-18-6-4-17(5-7-18)8-9-21(26)23-27/h1-7,11,15,25,27H,8-10,12-14,16H2,(H,23,26). The fourth-order valence-electron chi connectivity index (χ4n) is 3.33. The molecule has 3 aromatic rings. The molecule has 0 radical (unpaired) electrons. The van der Waals surface area contributed by atoms with Crippen molar-refractivity contribution in [3.05, 3.63) is 70.6 Å². The number of nitrogens with one attached hydrogen (secondary N) is 1. The SMILES string of the molecule is O=C(CCc1ccc(CN(CCO)CCc2cccc3ccsc23)cc1)NO. The lowest BCUT2D eigenvalue weighted by Crippen LogP contribution is -2.28. The maximum Gasteiger partial charge on any atom is 0.243 e. The fourth-order valence-corrected chi connectivity index (χ4v) is 4.27. The van der Waals surface area contributed by atoms with Crippen molar-refractivity contribution < 1.29 is 15.1 Å². The van der Waals surface area contributed by atoms with Crippen molar-refractivity contribution in [1.82, 2.24) is 10.4 Å². The van der Waals surface area contributed by atoms with Crippen LogP contribution in [0.15, 0.2) is 53.9 Å². The molecule has 0 bridgehead atoms. The van der Waals surface area contributed by atoms with E-state index >= 15 is 0 Å². The number of aliphatic hydroxyl groups is 1. The number of hydrogen-bond donors (Lipinski definition) is 3. The van der Waals surface area contributed by atoms with Gasteiger partial charge >= 0.3 is 0 Å². The van der Waals surface area contributed by atoms with Gasteiger partial charge in [0.1, 0.15) is 0 Å². The molecule has 28 heavy (non-hydrogen) atoms. The van der Waals surface area contributed by atoms with E-state index in [9.17, 15) is 9.90 Å². The Kier molecular flexibility index (Phi) is 7.56. The van der Waals surface area contributed by atoms with Crippen LogP contribution in [0.2, 0.25) is 0 Å². The molecule has 3 rings (SSSR count). The van der Waals surface area contributed by atoms with E-state index in [1.54, 1.807) is 16.8 Å². The number of benzene rings is 2. The van der Waals surface area contributed by atoms with E-state index in [-0.39, 0.29) is 18.9 Å². The van der Waals surface area contributed by atoms with Crippen LogP contribution in [0.3, 0.4) is 0 Å². The second-order valence-corrected chi connectivity index (χ2v) is 7.77. The minimum absolute atomic E-state index is 0.136. The smallest absolute Gasteiger partial charge is 0.243 e. The first-order valence-corrected chi connectivity index (χ1v) is 10.4. The normalized spacial score (nSPS) is 11.2. The Bertz CT molecular complexity index is 892. The summed E-state index contributed by atoms with van der Waals surface area (Å²) < 4.78 is 1.35. The largest absolute Gasteiger partial charge is 0.395 e. The molecule has 0 aliphatic heterocycles. The number of hydrogen-bond acceptors (Lipinski definition) is 5. The molecule has 1 amide bonds. The molecule has 0 aliphatic carbocycles. The van der Waals surface area contributed by atoms with Crippen LogP contribution in [-0.4, -0.2) is 40.8 Å². The molecule has 0 saturated heterocycles. The lowest BCUT2D eigenvalue weighted by atomic mass is 10.1. The summed E-state index contributed by atoms with van der Waals surface area (Å²) in [4.78, 5) is 13.4. The Morgan fingerprint density at radius 1 is 1.00 bits per heavy atom. The minimum atomic E-state index is -0.376. The summed E-state index contributed by atoms with van der Waals surface area (Å²) in [5.41, 5.74) is 5.25. The number of amides is 1. The van der Waals surface area contributed by atoms with Crippen LogP contribution in [0.4, 0.5) is 0 Å². The molecule has 0 saturated carbocycles. The molecule has 148 valence electrons. The highest BCUT2D eigenvalue weighted by Gasteiger charge is 2.09. The predicted octanol–water partition coefficient (Wildman–Crippen LogP) is 3.38. The molecule has 1 heterocycles. The molecular weight excluding hydrogens is 372 g/mol. The highest BCUT2D eigenvalue weighted by atomic mass is 32.1. The third kappa shape index (κ3) is 5.62. The Balaban J connectivity index is 1.58. The first-order valence-electron chi connectivity index (χ1n) is 9.48. The molecule has 0 fully saturated rings. The van der Waals surface area contributed by atoms with Crippen LogP contribution in [0, 0.1) is 0 Å². The number of carbonyl (C=O) groups excluding carboxylic acids is 1. The summed E-state index contributed by atoms with van der Waals surface area (Å²) in [6.45, 7) is 2.44. The van der Waals surface area contributed by atoms with E-state index < -0.39 is 0 Å². The van der Waals surface area contributed by atoms with Crippen LogP contribution in [0.1, 0.15) is 23.1 Å². The van der Waals surface area contributed by atoms with Crippen molar-refractivity contribution >= 4 is 27.3 Å². The second kappa shape index (κ2) is 10.3. The van der Waals surface area contributed by atoms with Crippen LogP contribution < -0.4 is 5.48 Å². The number of rotatable bonds is 10. The molecule has 0 aliphatic rings. The summed E-state index contributed by atoms with van der Waals surface area (Å²) in [6, 6.07) is 16.8. The summed E-state index contributed by atoms with van der Waals surface area (Å²) >= 11 is 1.78. The van der Waals surface area contributed by atoms with Gasteiger partial charge < -0.3 is 5.11 Å². The topological polar surface area (TPSA) is 72.8 Å². The molecule has 5 nitrogen and oxygen atoms in total. The molecule has 0 atom stereocenters. The summed E-state index contributed by atoms with van der Waals surface area (Å²) in [5.74, 6) is -0.376. The zero-order chi connectivity index (χ0) is 19.8. The van der Waals surface area contributed by atoms with E-state index in [0.29, 0.717) is 13.0 Å². The van der Waals surface area contributed by atoms with Gasteiger partial charge in [-0.3, -0.25) is 14.9 Å². The van der Waals surface area contributed by atoms with Crippen molar-refractivity contribution in [1.29, 1.82) is 0 Å². The number of fused-ring (bicyclic) bond motifs is 1. The Hall–Kier alpha value is -2.25. The van der Waals surface area contributed by atoms with Gasteiger partial charge in [0.05, 0.1) is 6.61 Å². The Morgan fingerprint density at radius 3 is 2.54 bits per heavy atom. The number of aryl methyl sites for hydroxylation is 1. The Morgan fingerprint density at radius 2 is 1.79 bits per heavy atom. The van der Waals surface area contributed by atoms with Gasteiger partial charge in [-0.15, -0.1) is 11.3 Å². The molecule has 3 N–H and O–H groups in total. The third-order valence-electron chi connectivity index (χ3n) is 4.87. The highest BCUT2D eigenvalue weighted by molar-refractivity contribution is 7.17. The van der Waals surface area contributed by atoms with E-state index in [1.165, 1.54) is 21.2 Å². The van der Waals surface area contributed by atoms with E-state index in [1.807, 2.05) is 12.1 Å². The lowest BCUT2D eigenvalue weighted by Gasteiger charge is -2.22. The molecular formula is C22H26N2O3S. The molecule has 6 heteroatoms. The van der Waals surface area contributed by atoms with Gasteiger partial charge in [0.25, 0.3) is 0 Å². The van der Waals surface area contributed by atoms with Gasteiger partial charge in [-0.1, -0.05) is 42.5 Å². The zero-order valence-corrected chi connectivity index (χ0v) is 16.6. The maximum atomic E-state index is 11.1. The number of thiophene rings is 1. The predicted molar refractivity (Wildman–Crippen MR) is 113 cm³/mol. The fraction of sp³-hybridized carbons (Fsp3) is 0.318. The van der Waals surface area contributed by atoms with Gasteiger partial charge in [-0.2, -0.15) is 0 Å². The molecule has 0 unspecified atom stereocenters. The molecule has 1 aromatic heterocycles. The van der Waals surface area contributed by atoms with Crippen molar-refractivity contribution in [2.45, 2.75) is 25.8 Å². The van der Waals surface area contributed by atoms with Gasteiger partial charge in [-0.25, -0.2) is 5.48 Å². The summed E-state index contributed by atoms with van der Waals surface area (Å²) in [5, 5.41) is 21.4. The van der Waals surface area contributed by atoms with Crippen molar-refractivity contribution in [3.63, 3.8) is 0 Å². The van der Waals surface area contributed by atoms with Crippen molar-refractivity contribution in [2.24, 2.45) is 0 Å². The van der Waals surface area contributed by atoms with Gasteiger partial charge in [0, 0.05) is 30.8 Å². The van der Waals surface area contributed by atoms with E-state index in [2.05, 4.69) is 46.7 Å². The second-order valence-electron chi connectivity index (χ2n) is 6.86. The van der Waals surface area contributed by atoms with E-state index in [0.717, 1.165) is 25.1 Å². The third-order valence-corrected chi connectivity index (χ3v) is 5.87. The first kappa shape index (κ1) is 20.5. The molecule has 2 aromatic carbocycles. The summed E-state index contributed by atoms with van der Waals surface area (Å²) in [6.07, 6.45) is 1.81. The average molecular weight is 399 g/mol. The minimum Gasteiger partial charge on any atom is -0.395 e. The lowest BCUT2D eigenvalue weighted by molar-refractivity contribution is -0.129. The number of nitrogens with zero attached hydrogens (tertiary/aromatic N) is 1. The molecule has 0 spiro atoms. The van der Waals surface area contributed by atoms with Crippen LogP contribution in [-0.2, 0) is 24.2 Å². The Labute approximate surface area is 169 Å². The van der Waals surface area contributed by atoms with Gasteiger partial charge in [0.15, 0.2) is 0 Å². The van der Waals surface area contributed by atoms with Gasteiger partial charge in [0.2, 0.25) is 5.91 Å². The van der Waals surface area contributed by atoms with Crippen LogP contribution in [0.25, 0.3) is 10.1 Å². The average Bonchev–Trinajstić information content (AvgIpc) is 3.21. The maximum absolute atomic E-state index is 11.1. The van der Waals surface area contributed by atoms with Gasteiger partial charge in [-0.05, 0) is 46.4 Å². The van der Waals surface area contributed by atoms with Crippen LogP contribution >= 0.6 is 11.3 Å². The zero-order valence-electron chi connectivity index (χ0n) is 15.8. The number of aliphatic hydroxyl groups excluding tert-OH is 1. The van der Waals surface area contributed by atoms with Crippen molar-refractivity contribution in [3.8, 4) is 0 Å². The monoisotopic (exact) mass is 398 g/mol. The quantitative estimate of drug-likeness (QED) is 0.362. The summed E-state index contributed by atoms with van der Waals surface area (Å²) in [7, 11) is 0.